The predicted molar refractivity (Wildman–Crippen MR) is 58.2 cm³/mol. The van der Waals surface area contributed by atoms with E-state index >= 15 is 0 Å². The quantitative estimate of drug-likeness (QED) is 0.792. The minimum absolute atomic E-state index is 0.0428. The topological polar surface area (TPSA) is 40.9 Å². The molecule has 0 aromatic heterocycles. The normalized spacial score (nSPS) is 11.9. The Morgan fingerprint density at radius 2 is 2.33 bits per heavy atom. The smallest absolute Gasteiger partial charge is 0.143 e. The summed E-state index contributed by atoms with van der Waals surface area (Å²) in [5.41, 5.74) is 0.719. The highest BCUT2D eigenvalue weighted by Crippen LogP contribution is 2.15. The van der Waals surface area contributed by atoms with Crippen molar-refractivity contribution in [2.24, 2.45) is 0 Å². The first-order valence-corrected chi connectivity index (χ1v) is 5.29. The van der Waals surface area contributed by atoms with E-state index in [1.54, 1.807) is 0 Å². The van der Waals surface area contributed by atoms with Crippen LogP contribution < -0.4 is 0 Å². The van der Waals surface area contributed by atoms with Crippen LogP contribution in [0.5, 0.6) is 0 Å². The van der Waals surface area contributed by atoms with Crippen LogP contribution in [-0.2, 0) is 11.2 Å². The van der Waals surface area contributed by atoms with Crippen molar-refractivity contribution < 1.29 is 9.18 Å². The Morgan fingerprint density at radius 1 is 1.67 bits per heavy atom. The first-order valence-electron chi connectivity index (χ1n) is 4.37. The minimum Gasteiger partial charge on any atom is -0.299 e. The van der Waals surface area contributed by atoms with E-state index < -0.39 is 5.82 Å². The lowest BCUT2D eigenvalue weighted by molar-refractivity contribution is -0.116. The van der Waals surface area contributed by atoms with Gasteiger partial charge < -0.3 is 0 Å². The highest BCUT2D eigenvalue weighted by Gasteiger charge is 2.13. The molecule has 0 fully saturated rings. The summed E-state index contributed by atoms with van der Waals surface area (Å²) in [4.78, 5) is 10.6. The van der Waals surface area contributed by atoms with E-state index in [9.17, 15) is 9.18 Å². The van der Waals surface area contributed by atoms with Gasteiger partial charge in [-0.15, -0.1) is 0 Å². The van der Waals surface area contributed by atoms with Gasteiger partial charge in [0.25, 0.3) is 0 Å². The van der Waals surface area contributed by atoms with Crippen molar-refractivity contribution >= 4 is 21.7 Å². The van der Waals surface area contributed by atoms with Gasteiger partial charge in [0.15, 0.2) is 0 Å². The lowest BCUT2D eigenvalue weighted by Gasteiger charge is -2.06. The number of benzene rings is 1. The molecule has 4 heteroatoms. The Hall–Kier alpha value is -1.21. The zero-order chi connectivity index (χ0) is 11.4. The summed E-state index contributed by atoms with van der Waals surface area (Å²) in [5.74, 6) is -0.487. The van der Waals surface area contributed by atoms with E-state index in [0.717, 1.165) is 0 Å². The zero-order valence-electron chi connectivity index (χ0n) is 8.13. The molecule has 0 aliphatic rings. The van der Waals surface area contributed by atoms with Crippen molar-refractivity contribution in [3.8, 4) is 6.07 Å². The molecular formula is C11H9BrFNO. The largest absolute Gasteiger partial charge is 0.299 e. The number of carbonyl (C=O) groups excluding carboxylic acids is 1. The van der Waals surface area contributed by atoms with Crippen molar-refractivity contribution in [3.05, 3.63) is 35.1 Å². The first kappa shape index (κ1) is 11.9. The number of hydrogen-bond donors (Lipinski definition) is 0. The lowest BCUT2D eigenvalue weighted by atomic mass is 10.1. The highest BCUT2D eigenvalue weighted by atomic mass is 79.9. The number of nitrogens with zero attached hydrogens (tertiary/aromatic N) is 1. The van der Waals surface area contributed by atoms with Gasteiger partial charge in [0.2, 0.25) is 0 Å². The fourth-order valence-electron chi connectivity index (χ4n) is 1.12. The van der Waals surface area contributed by atoms with Gasteiger partial charge in [-0.2, -0.15) is 5.26 Å². The molecule has 0 saturated carbocycles. The van der Waals surface area contributed by atoms with Crippen molar-refractivity contribution in [1.82, 2.24) is 0 Å². The van der Waals surface area contributed by atoms with Gasteiger partial charge in [0.1, 0.15) is 11.6 Å². The van der Waals surface area contributed by atoms with Crippen LogP contribution in [0, 0.1) is 17.1 Å². The lowest BCUT2D eigenvalue weighted by Crippen LogP contribution is -2.13. The van der Waals surface area contributed by atoms with E-state index in [4.69, 9.17) is 5.26 Å². The summed E-state index contributed by atoms with van der Waals surface area (Å²) in [6.07, 6.45) is 0.298. The minimum atomic E-state index is -0.445. The molecule has 1 rings (SSSR count). The molecule has 0 heterocycles. The molecule has 0 radical (unpaired) electrons. The molecule has 0 aliphatic carbocycles. The maximum Gasteiger partial charge on any atom is 0.143 e. The number of halogens is 2. The third kappa shape index (κ3) is 3.14. The van der Waals surface area contributed by atoms with Gasteiger partial charge in [0, 0.05) is 0 Å². The summed E-state index contributed by atoms with van der Waals surface area (Å²) < 4.78 is 13.4. The van der Waals surface area contributed by atoms with Crippen molar-refractivity contribution in [2.45, 2.75) is 18.2 Å². The third-order valence-electron chi connectivity index (χ3n) is 2.02. The van der Waals surface area contributed by atoms with Gasteiger partial charge in [-0.1, -0.05) is 22.0 Å². The Kier molecular flexibility index (Phi) is 3.98. The van der Waals surface area contributed by atoms with Crippen LogP contribution in [0.3, 0.4) is 0 Å². The first-order chi connectivity index (χ1) is 7.04. The SMILES string of the molecule is CC(=O)C(Br)Cc1ccc(C#N)cc1F. The van der Waals surface area contributed by atoms with Crippen LogP contribution in [0.15, 0.2) is 18.2 Å². The maximum atomic E-state index is 13.4. The molecule has 78 valence electrons. The third-order valence-corrected chi connectivity index (χ3v) is 2.99. The number of Topliss-reactive ketones (excluding diaryl/α,β-unsaturated/α-hetero) is 1. The molecule has 0 aliphatic heterocycles. The number of carbonyl (C=O) groups is 1. The van der Waals surface area contributed by atoms with Crippen LogP contribution >= 0.6 is 15.9 Å². The van der Waals surface area contributed by atoms with Crippen LogP contribution in [0.1, 0.15) is 18.1 Å². The molecule has 1 aromatic carbocycles. The number of rotatable bonds is 3. The van der Waals surface area contributed by atoms with E-state index in [-0.39, 0.29) is 16.2 Å². The molecule has 0 N–H and O–H groups in total. The van der Waals surface area contributed by atoms with Crippen LogP contribution in [0.25, 0.3) is 0 Å². The van der Waals surface area contributed by atoms with Gasteiger partial charge >= 0.3 is 0 Å². The molecular weight excluding hydrogens is 261 g/mol. The molecule has 0 bridgehead atoms. The van der Waals surface area contributed by atoms with E-state index in [1.807, 2.05) is 6.07 Å². The number of ketones is 1. The number of hydrogen-bond acceptors (Lipinski definition) is 2. The van der Waals surface area contributed by atoms with Crippen molar-refractivity contribution in [1.29, 1.82) is 5.26 Å². The second kappa shape index (κ2) is 5.04. The average Bonchev–Trinajstić information content (AvgIpc) is 2.20. The second-order valence-corrected chi connectivity index (χ2v) is 4.31. The van der Waals surface area contributed by atoms with Gasteiger partial charge in [-0.05, 0) is 31.0 Å². The monoisotopic (exact) mass is 269 g/mol. The summed E-state index contributed by atoms with van der Waals surface area (Å²) in [6, 6.07) is 6.10. The molecule has 1 unspecified atom stereocenters. The standard InChI is InChI=1S/C11H9BrFNO/c1-7(15)10(12)5-9-3-2-8(6-14)4-11(9)13/h2-4,10H,5H2,1H3. The molecule has 0 amide bonds. The zero-order valence-corrected chi connectivity index (χ0v) is 9.71. The Balaban J connectivity index is 2.88. The molecule has 2 nitrogen and oxygen atoms in total. The Bertz CT molecular complexity index is 425. The molecule has 0 saturated heterocycles. The predicted octanol–water partition coefficient (Wildman–Crippen LogP) is 2.59. The summed E-state index contributed by atoms with van der Waals surface area (Å²) in [6.45, 7) is 1.45. The molecule has 15 heavy (non-hydrogen) atoms. The van der Waals surface area contributed by atoms with Crippen LogP contribution in [0.2, 0.25) is 0 Å². The molecule has 1 atom stereocenters. The molecule has 1 aromatic rings. The van der Waals surface area contributed by atoms with Crippen molar-refractivity contribution in [3.63, 3.8) is 0 Å². The maximum absolute atomic E-state index is 13.4. The average molecular weight is 270 g/mol. The summed E-state index contributed by atoms with van der Waals surface area (Å²) >= 11 is 3.17. The van der Waals surface area contributed by atoms with Gasteiger partial charge in [0.05, 0.1) is 16.5 Å². The Labute approximate surface area is 95.8 Å². The number of nitriles is 1. The highest BCUT2D eigenvalue weighted by molar-refractivity contribution is 9.10. The summed E-state index contributed by atoms with van der Waals surface area (Å²) in [5, 5.41) is 8.54. The molecule has 0 spiro atoms. The van der Waals surface area contributed by atoms with Gasteiger partial charge in [-0.25, -0.2) is 4.39 Å². The van der Waals surface area contributed by atoms with E-state index in [2.05, 4.69) is 15.9 Å². The van der Waals surface area contributed by atoms with E-state index in [0.29, 0.717) is 12.0 Å². The van der Waals surface area contributed by atoms with Crippen molar-refractivity contribution in [2.75, 3.05) is 0 Å². The second-order valence-electron chi connectivity index (χ2n) is 3.20. The fraction of sp³-hybridized carbons (Fsp3) is 0.273. The Morgan fingerprint density at radius 3 is 2.80 bits per heavy atom. The van der Waals surface area contributed by atoms with E-state index in [1.165, 1.54) is 25.1 Å². The number of alkyl halides is 1. The summed E-state index contributed by atoms with van der Waals surface area (Å²) in [7, 11) is 0. The van der Waals surface area contributed by atoms with Crippen LogP contribution in [0.4, 0.5) is 4.39 Å². The van der Waals surface area contributed by atoms with Crippen LogP contribution in [-0.4, -0.2) is 10.6 Å². The van der Waals surface area contributed by atoms with Gasteiger partial charge in [-0.3, -0.25) is 4.79 Å². The fourth-order valence-corrected chi connectivity index (χ4v) is 1.47.